The molecular formula is C10H15NO3. The first kappa shape index (κ1) is 10.9. The summed E-state index contributed by atoms with van der Waals surface area (Å²) in [4.78, 5) is 26.1. The number of nitrogens with zero attached hydrogens (tertiary/aromatic N) is 1. The number of carbonyl (C=O) groups excluding carboxylic acids is 2. The molecule has 1 heterocycles. The highest BCUT2D eigenvalue weighted by Gasteiger charge is 2.28. The summed E-state index contributed by atoms with van der Waals surface area (Å²) in [5.74, 6) is -0.160. The van der Waals surface area contributed by atoms with Crippen LogP contribution in [-0.4, -0.2) is 23.7 Å². The van der Waals surface area contributed by atoms with Crippen molar-refractivity contribution in [2.45, 2.75) is 39.8 Å². The van der Waals surface area contributed by atoms with Gasteiger partial charge in [-0.3, -0.25) is 0 Å². The third-order valence-corrected chi connectivity index (χ3v) is 2.03. The Morgan fingerprint density at radius 2 is 2.21 bits per heavy atom. The van der Waals surface area contributed by atoms with Crippen molar-refractivity contribution in [3.63, 3.8) is 0 Å². The van der Waals surface area contributed by atoms with Crippen molar-refractivity contribution < 1.29 is 14.3 Å². The molecule has 1 aliphatic heterocycles. The molecule has 0 saturated carbocycles. The summed E-state index contributed by atoms with van der Waals surface area (Å²) in [7, 11) is 0. The number of esters is 1. The molecule has 1 aliphatic rings. The molecule has 4 nitrogen and oxygen atoms in total. The van der Waals surface area contributed by atoms with E-state index in [0.717, 1.165) is 0 Å². The molecule has 0 fully saturated rings. The van der Waals surface area contributed by atoms with Crippen LogP contribution in [0.4, 0.5) is 0 Å². The van der Waals surface area contributed by atoms with Crippen molar-refractivity contribution in [2.75, 3.05) is 0 Å². The van der Waals surface area contributed by atoms with Crippen molar-refractivity contribution in [3.05, 3.63) is 0 Å². The second-order valence-corrected chi connectivity index (χ2v) is 3.77. The Morgan fingerprint density at radius 1 is 1.57 bits per heavy atom. The lowest BCUT2D eigenvalue weighted by Crippen LogP contribution is -2.17. The van der Waals surface area contributed by atoms with Gasteiger partial charge in [0.05, 0.1) is 0 Å². The highest BCUT2D eigenvalue weighted by Crippen LogP contribution is 2.16. The standard InChI is InChI=1S/C10H15NO3/c1-6(2)9-10(13)14-8(11-9)5-4-7(3)12/h6,8H,4-5H2,1-3H3. The van der Waals surface area contributed by atoms with E-state index in [-0.39, 0.29) is 17.7 Å². The number of hydrogen-bond acceptors (Lipinski definition) is 4. The Kier molecular flexibility index (Phi) is 3.38. The SMILES string of the molecule is CC(=O)CCC1N=C(C(C)C)C(=O)O1. The summed E-state index contributed by atoms with van der Waals surface area (Å²) in [6.07, 6.45) is 0.466. The van der Waals surface area contributed by atoms with Gasteiger partial charge < -0.3 is 9.53 Å². The number of Topliss-reactive ketones (excluding diaryl/α,β-unsaturated/α-hetero) is 1. The van der Waals surface area contributed by atoms with E-state index in [1.54, 1.807) is 0 Å². The molecule has 14 heavy (non-hydrogen) atoms. The molecule has 4 heteroatoms. The van der Waals surface area contributed by atoms with Crippen LogP contribution in [-0.2, 0) is 14.3 Å². The summed E-state index contributed by atoms with van der Waals surface area (Å²) < 4.78 is 4.99. The second-order valence-electron chi connectivity index (χ2n) is 3.77. The van der Waals surface area contributed by atoms with Crippen molar-refractivity contribution in [2.24, 2.45) is 10.9 Å². The van der Waals surface area contributed by atoms with E-state index >= 15 is 0 Å². The fraction of sp³-hybridized carbons (Fsp3) is 0.700. The van der Waals surface area contributed by atoms with Gasteiger partial charge in [0.15, 0.2) is 6.23 Å². The monoisotopic (exact) mass is 197 g/mol. The lowest BCUT2D eigenvalue weighted by Gasteiger charge is -2.03. The van der Waals surface area contributed by atoms with Gasteiger partial charge in [-0.1, -0.05) is 13.8 Å². The number of aliphatic imine (C=N–C) groups is 1. The fourth-order valence-corrected chi connectivity index (χ4v) is 1.25. The minimum absolute atomic E-state index is 0.0878. The molecule has 1 atom stereocenters. The third kappa shape index (κ3) is 2.65. The van der Waals surface area contributed by atoms with Crippen LogP contribution in [0.15, 0.2) is 4.99 Å². The molecule has 0 aliphatic carbocycles. The zero-order chi connectivity index (χ0) is 10.7. The first-order chi connectivity index (χ1) is 6.50. The Bertz CT molecular complexity index is 281. The Labute approximate surface area is 83.3 Å². The van der Waals surface area contributed by atoms with Crippen LogP contribution < -0.4 is 0 Å². The summed E-state index contributed by atoms with van der Waals surface area (Å²) in [6.45, 7) is 5.31. The van der Waals surface area contributed by atoms with Gasteiger partial charge in [-0.15, -0.1) is 0 Å². The maximum atomic E-state index is 11.2. The van der Waals surface area contributed by atoms with Crippen LogP contribution in [0.2, 0.25) is 0 Å². The van der Waals surface area contributed by atoms with E-state index in [4.69, 9.17) is 4.74 Å². The number of ether oxygens (including phenoxy) is 1. The summed E-state index contributed by atoms with van der Waals surface area (Å²) >= 11 is 0. The predicted molar refractivity (Wildman–Crippen MR) is 52.1 cm³/mol. The van der Waals surface area contributed by atoms with Gasteiger partial charge in [0.2, 0.25) is 0 Å². The minimum Gasteiger partial charge on any atom is -0.435 e. The number of rotatable bonds is 4. The maximum absolute atomic E-state index is 11.2. The normalized spacial score (nSPS) is 21.0. The summed E-state index contributed by atoms with van der Waals surface area (Å²) in [5.41, 5.74) is 0.485. The molecule has 1 unspecified atom stereocenters. The van der Waals surface area contributed by atoms with Crippen LogP contribution in [0.3, 0.4) is 0 Å². The van der Waals surface area contributed by atoms with Gasteiger partial charge in [-0.05, 0) is 6.92 Å². The molecule has 0 saturated heterocycles. The first-order valence-corrected chi connectivity index (χ1v) is 4.79. The van der Waals surface area contributed by atoms with Gasteiger partial charge in [0.25, 0.3) is 0 Å². The Balaban J connectivity index is 2.52. The zero-order valence-corrected chi connectivity index (χ0v) is 8.74. The molecule has 0 N–H and O–H groups in total. The van der Waals surface area contributed by atoms with Crippen LogP contribution in [0.1, 0.15) is 33.6 Å². The molecule has 0 amide bonds. The number of hydrogen-bond donors (Lipinski definition) is 0. The van der Waals surface area contributed by atoms with Crippen molar-refractivity contribution in [1.82, 2.24) is 0 Å². The van der Waals surface area contributed by atoms with Crippen LogP contribution in [0.5, 0.6) is 0 Å². The zero-order valence-electron chi connectivity index (χ0n) is 8.74. The van der Waals surface area contributed by atoms with E-state index in [0.29, 0.717) is 18.6 Å². The van der Waals surface area contributed by atoms with Gasteiger partial charge >= 0.3 is 5.97 Å². The molecule has 78 valence electrons. The van der Waals surface area contributed by atoms with E-state index in [1.165, 1.54) is 6.92 Å². The number of cyclic esters (lactones) is 1. The van der Waals surface area contributed by atoms with E-state index in [1.807, 2.05) is 13.8 Å². The average Bonchev–Trinajstić information content (AvgIpc) is 2.43. The molecule has 0 aromatic rings. The highest BCUT2D eigenvalue weighted by molar-refractivity contribution is 6.38. The smallest absolute Gasteiger partial charge is 0.354 e. The van der Waals surface area contributed by atoms with Gasteiger partial charge in [-0.2, -0.15) is 0 Å². The van der Waals surface area contributed by atoms with Gasteiger partial charge in [0.1, 0.15) is 11.5 Å². The molecule has 0 aromatic heterocycles. The minimum atomic E-state index is -0.441. The lowest BCUT2D eigenvalue weighted by molar-refractivity contribution is -0.138. The van der Waals surface area contributed by atoms with Crippen LogP contribution in [0, 0.1) is 5.92 Å². The molecule has 1 rings (SSSR count). The lowest BCUT2D eigenvalue weighted by atomic mass is 10.1. The number of ketones is 1. The highest BCUT2D eigenvalue weighted by atomic mass is 16.6. The fourth-order valence-electron chi connectivity index (χ4n) is 1.25. The quantitative estimate of drug-likeness (QED) is 0.639. The predicted octanol–water partition coefficient (Wildman–Crippen LogP) is 1.34. The van der Waals surface area contributed by atoms with Crippen LogP contribution >= 0.6 is 0 Å². The molecule has 0 bridgehead atoms. The summed E-state index contributed by atoms with van der Waals surface area (Å²) in [5, 5.41) is 0. The van der Waals surface area contributed by atoms with E-state index in [2.05, 4.69) is 4.99 Å². The molecule has 0 aromatic carbocycles. The average molecular weight is 197 g/mol. The van der Waals surface area contributed by atoms with Gasteiger partial charge in [-0.25, -0.2) is 9.79 Å². The molecule has 0 spiro atoms. The van der Waals surface area contributed by atoms with Crippen molar-refractivity contribution >= 4 is 17.5 Å². The largest absolute Gasteiger partial charge is 0.435 e. The van der Waals surface area contributed by atoms with E-state index in [9.17, 15) is 9.59 Å². The van der Waals surface area contributed by atoms with Crippen molar-refractivity contribution in [3.8, 4) is 0 Å². The molecule has 0 radical (unpaired) electrons. The van der Waals surface area contributed by atoms with Crippen LogP contribution in [0.25, 0.3) is 0 Å². The Morgan fingerprint density at radius 3 is 2.64 bits per heavy atom. The second kappa shape index (κ2) is 4.35. The first-order valence-electron chi connectivity index (χ1n) is 4.79. The Hall–Kier alpha value is -1.19. The van der Waals surface area contributed by atoms with E-state index < -0.39 is 6.23 Å². The number of carbonyl (C=O) groups is 2. The van der Waals surface area contributed by atoms with Crippen molar-refractivity contribution in [1.29, 1.82) is 0 Å². The topological polar surface area (TPSA) is 55.7 Å². The molecular weight excluding hydrogens is 182 g/mol. The summed E-state index contributed by atoms with van der Waals surface area (Å²) in [6, 6.07) is 0. The van der Waals surface area contributed by atoms with Gasteiger partial charge in [0, 0.05) is 18.8 Å². The maximum Gasteiger partial charge on any atom is 0.354 e. The third-order valence-electron chi connectivity index (χ3n) is 2.03.